The first-order chi connectivity index (χ1) is 17.8. The van der Waals surface area contributed by atoms with Crippen molar-refractivity contribution in [2.24, 2.45) is 0 Å². The summed E-state index contributed by atoms with van der Waals surface area (Å²) < 4.78 is 11.6. The van der Waals surface area contributed by atoms with Gasteiger partial charge in [0.05, 0.1) is 13.2 Å². The third-order valence-corrected chi connectivity index (χ3v) is 5.83. The van der Waals surface area contributed by atoms with E-state index in [1.165, 1.54) is 38.5 Å². The van der Waals surface area contributed by atoms with E-state index in [1.807, 2.05) is 72.8 Å². The molecule has 0 amide bonds. The van der Waals surface area contributed by atoms with Gasteiger partial charge in [-0.3, -0.25) is 0 Å². The maximum absolute atomic E-state index is 5.80. The first-order valence-electron chi connectivity index (χ1n) is 13.4. The smallest absolute Gasteiger partial charge is 0.119 e. The van der Waals surface area contributed by atoms with Gasteiger partial charge in [-0.05, 0) is 85.6 Å². The summed E-state index contributed by atoms with van der Waals surface area (Å²) in [6.07, 6.45) is 9.70. The zero-order valence-corrected chi connectivity index (χ0v) is 21.8. The van der Waals surface area contributed by atoms with Crippen molar-refractivity contribution in [1.82, 2.24) is 0 Å². The Labute approximate surface area is 218 Å². The van der Waals surface area contributed by atoms with Gasteiger partial charge in [-0.1, -0.05) is 76.1 Å². The molecule has 0 fully saturated rings. The molecule has 2 heteroatoms. The number of rotatable bonds is 12. The van der Waals surface area contributed by atoms with Crippen molar-refractivity contribution in [3.8, 4) is 35.2 Å². The molecule has 0 aliphatic carbocycles. The van der Waals surface area contributed by atoms with Crippen LogP contribution in [0.5, 0.6) is 11.5 Å². The predicted octanol–water partition coefficient (Wildman–Crippen LogP) is 8.40. The lowest BCUT2D eigenvalue weighted by Gasteiger charge is -2.05. The van der Waals surface area contributed by atoms with E-state index in [9.17, 15) is 0 Å². The largest absolute Gasteiger partial charge is 0.494 e. The van der Waals surface area contributed by atoms with Gasteiger partial charge in [-0.2, -0.15) is 0 Å². The third-order valence-electron chi connectivity index (χ3n) is 5.83. The van der Waals surface area contributed by atoms with Gasteiger partial charge >= 0.3 is 0 Å². The molecule has 0 bridgehead atoms. The molecule has 3 rings (SSSR count). The zero-order chi connectivity index (χ0) is 25.3. The van der Waals surface area contributed by atoms with Crippen molar-refractivity contribution < 1.29 is 9.47 Å². The molecule has 0 spiro atoms. The van der Waals surface area contributed by atoms with Gasteiger partial charge in [0.25, 0.3) is 0 Å². The molecule has 3 aromatic rings. The standard InChI is InChI=1S/C34H38O2/c1-3-5-7-9-27-35-33-23-19-31(20-24-33)17-15-29-11-13-30(14-12-29)16-18-32-21-25-34(26-22-32)36-28-10-8-6-4-2/h11-14,19-26H,3-10,27-28H2,1-2H3. The first kappa shape index (κ1) is 27.0. The van der Waals surface area contributed by atoms with Gasteiger partial charge in [0.2, 0.25) is 0 Å². The van der Waals surface area contributed by atoms with Crippen molar-refractivity contribution in [1.29, 1.82) is 0 Å². The van der Waals surface area contributed by atoms with Gasteiger partial charge in [-0.25, -0.2) is 0 Å². The highest BCUT2D eigenvalue weighted by molar-refractivity contribution is 5.48. The monoisotopic (exact) mass is 478 g/mol. The van der Waals surface area contributed by atoms with Crippen molar-refractivity contribution in [3.05, 3.63) is 95.1 Å². The average molecular weight is 479 g/mol. The molecule has 0 saturated heterocycles. The first-order valence-corrected chi connectivity index (χ1v) is 13.4. The second-order valence-electron chi connectivity index (χ2n) is 8.94. The summed E-state index contributed by atoms with van der Waals surface area (Å²) in [4.78, 5) is 0. The molecule has 0 aliphatic rings. The Morgan fingerprint density at radius 3 is 1.03 bits per heavy atom. The molecular formula is C34H38O2. The Balaban J connectivity index is 1.46. The minimum atomic E-state index is 0.777. The van der Waals surface area contributed by atoms with Crippen molar-refractivity contribution in [2.45, 2.75) is 65.2 Å². The molecule has 36 heavy (non-hydrogen) atoms. The molecule has 0 N–H and O–H groups in total. The Bertz CT molecular complexity index is 1040. The molecule has 0 radical (unpaired) electrons. The van der Waals surface area contributed by atoms with Crippen molar-refractivity contribution in [3.63, 3.8) is 0 Å². The fourth-order valence-corrected chi connectivity index (χ4v) is 3.63. The summed E-state index contributed by atoms with van der Waals surface area (Å²) in [5.41, 5.74) is 3.89. The molecule has 0 saturated carbocycles. The molecular weight excluding hydrogens is 440 g/mol. The Morgan fingerprint density at radius 1 is 0.417 bits per heavy atom. The van der Waals surface area contributed by atoms with Crippen LogP contribution in [0, 0.1) is 23.7 Å². The van der Waals surface area contributed by atoms with Gasteiger partial charge in [-0.15, -0.1) is 0 Å². The lowest BCUT2D eigenvalue weighted by Crippen LogP contribution is -1.96. The summed E-state index contributed by atoms with van der Waals surface area (Å²) in [7, 11) is 0. The Kier molecular flexibility index (Phi) is 12.1. The minimum absolute atomic E-state index is 0.777. The second kappa shape index (κ2) is 16.1. The topological polar surface area (TPSA) is 18.5 Å². The van der Waals surface area contributed by atoms with Crippen LogP contribution in [0.15, 0.2) is 72.8 Å². The lowest BCUT2D eigenvalue weighted by molar-refractivity contribution is 0.305. The van der Waals surface area contributed by atoms with Gasteiger partial charge < -0.3 is 9.47 Å². The number of hydrogen-bond acceptors (Lipinski definition) is 2. The Hall–Kier alpha value is -3.62. The quantitative estimate of drug-likeness (QED) is 0.192. The highest BCUT2D eigenvalue weighted by atomic mass is 16.5. The fraction of sp³-hybridized carbons (Fsp3) is 0.353. The number of ether oxygens (including phenoxy) is 2. The molecule has 3 aromatic carbocycles. The van der Waals surface area contributed by atoms with E-state index in [0.717, 1.165) is 59.8 Å². The van der Waals surface area contributed by atoms with Crippen LogP contribution >= 0.6 is 0 Å². The Morgan fingerprint density at radius 2 is 0.722 bits per heavy atom. The van der Waals surface area contributed by atoms with Crippen LogP contribution < -0.4 is 9.47 Å². The highest BCUT2D eigenvalue weighted by Crippen LogP contribution is 2.14. The summed E-state index contributed by atoms with van der Waals surface area (Å²) in [5.74, 6) is 14.7. The second-order valence-corrected chi connectivity index (χ2v) is 8.94. The van der Waals surface area contributed by atoms with E-state index in [0.29, 0.717) is 0 Å². The minimum Gasteiger partial charge on any atom is -0.494 e. The van der Waals surface area contributed by atoms with Crippen LogP contribution in [0.2, 0.25) is 0 Å². The summed E-state index contributed by atoms with van der Waals surface area (Å²) in [6.45, 7) is 5.99. The van der Waals surface area contributed by atoms with Gasteiger partial charge in [0, 0.05) is 22.3 Å². The van der Waals surface area contributed by atoms with E-state index >= 15 is 0 Å². The van der Waals surface area contributed by atoms with Crippen LogP contribution in [0.3, 0.4) is 0 Å². The van der Waals surface area contributed by atoms with Gasteiger partial charge in [0.15, 0.2) is 0 Å². The normalized spacial score (nSPS) is 10.1. The van der Waals surface area contributed by atoms with Gasteiger partial charge in [0.1, 0.15) is 11.5 Å². The van der Waals surface area contributed by atoms with Crippen LogP contribution in [0.25, 0.3) is 0 Å². The molecule has 0 aliphatic heterocycles. The molecule has 0 atom stereocenters. The summed E-state index contributed by atoms with van der Waals surface area (Å²) in [5, 5.41) is 0. The molecule has 0 aromatic heterocycles. The third kappa shape index (κ3) is 10.3. The van der Waals surface area contributed by atoms with Crippen LogP contribution in [-0.4, -0.2) is 13.2 Å². The fourth-order valence-electron chi connectivity index (χ4n) is 3.63. The summed E-state index contributed by atoms with van der Waals surface area (Å²) in [6, 6.07) is 24.1. The maximum atomic E-state index is 5.80. The highest BCUT2D eigenvalue weighted by Gasteiger charge is 1.96. The molecule has 0 unspecified atom stereocenters. The van der Waals surface area contributed by atoms with Crippen LogP contribution in [-0.2, 0) is 0 Å². The van der Waals surface area contributed by atoms with Crippen LogP contribution in [0.1, 0.15) is 87.5 Å². The van der Waals surface area contributed by atoms with Crippen LogP contribution in [0.4, 0.5) is 0 Å². The molecule has 0 heterocycles. The lowest BCUT2D eigenvalue weighted by atomic mass is 10.1. The van der Waals surface area contributed by atoms with Crippen molar-refractivity contribution >= 4 is 0 Å². The van der Waals surface area contributed by atoms with E-state index < -0.39 is 0 Å². The van der Waals surface area contributed by atoms with E-state index in [2.05, 4.69) is 37.5 Å². The van der Waals surface area contributed by atoms with Crippen molar-refractivity contribution in [2.75, 3.05) is 13.2 Å². The molecule has 2 nitrogen and oxygen atoms in total. The molecule has 186 valence electrons. The average Bonchev–Trinajstić information content (AvgIpc) is 2.92. The summed E-state index contributed by atoms with van der Waals surface area (Å²) >= 11 is 0. The van der Waals surface area contributed by atoms with E-state index in [-0.39, 0.29) is 0 Å². The maximum Gasteiger partial charge on any atom is 0.119 e. The number of benzene rings is 3. The predicted molar refractivity (Wildman–Crippen MR) is 151 cm³/mol. The van der Waals surface area contributed by atoms with E-state index in [1.54, 1.807) is 0 Å². The number of hydrogen-bond donors (Lipinski definition) is 0. The SMILES string of the molecule is CCCCCCOc1ccc(C#Cc2ccc(C#Cc3ccc(OCCCCCC)cc3)cc2)cc1. The zero-order valence-electron chi connectivity index (χ0n) is 21.8. The number of unbranched alkanes of at least 4 members (excludes halogenated alkanes) is 6. The van der Waals surface area contributed by atoms with E-state index in [4.69, 9.17) is 9.47 Å².